The molecule has 0 bridgehead atoms. The number of nitrogens with two attached hydrogens (primary N) is 1. The Bertz CT molecular complexity index is 498. The zero-order valence-electron chi connectivity index (χ0n) is 9.06. The summed E-state index contributed by atoms with van der Waals surface area (Å²) in [5.41, 5.74) is 7.29. The first-order valence-corrected chi connectivity index (χ1v) is 5.65. The molecule has 2 aromatic rings. The molecule has 84 valence electrons. The van der Waals surface area contributed by atoms with Crippen molar-refractivity contribution in [2.75, 3.05) is 18.8 Å². The minimum Gasteiger partial charge on any atom is -0.399 e. The summed E-state index contributed by atoms with van der Waals surface area (Å²) in [6.45, 7) is 2.13. The van der Waals surface area contributed by atoms with Crippen molar-refractivity contribution in [1.82, 2.24) is 19.9 Å². The van der Waals surface area contributed by atoms with Crippen molar-refractivity contribution in [3.05, 3.63) is 24.2 Å². The molecule has 2 aromatic heterocycles. The summed E-state index contributed by atoms with van der Waals surface area (Å²) in [6.07, 6.45) is 4.22. The number of aromatic nitrogens is 3. The normalized spacial score (nSPS) is 18.0. The second-order valence-corrected chi connectivity index (χ2v) is 4.27. The maximum atomic E-state index is 5.72. The van der Waals surface area contributed by atoms with E-state index in [0.29, 0.717) is 5.92 Å². The standard InChI is InChI=1S/C11H15N5/c12-9-3-6-16-10(7-9)14-15-11(16)8-1-4-13-5-2-8/h3,6-8,13H,1-2,4-5,12H2. The molecule has 1 saturated heterocycles. The summed E-state index contributed by atoms with van der Waals surface area (Å²) in [4.78, 5) is 0. The van der Waals surface area contributed by atoms with Gasteiger partial charge in [-0.1, -0.05) is 0 Å². The van der Waals surface area contributed by atoms with Gasteiger partial charge < -0.3 is 11.1 Å². The first-order valence-electron chi connectivity index (χ1n) is 5.65. The molecule has 3 N–H and O–H groups in total. The average Bonchev–Trinajstić information content (AvgIpc) is 2.73. The van der Waals surface area contributed by atoms with Crippen LogP contribution in [0, 0.1) is 0 Å². The predicted molar refractivity (Wildman–Crippen MR) is 62.2 cm³/mol. The van der Waals surface area contributed by atoms with Gasteiger partial charge in [0.2, 0.25) is 0 Å². The van der Waals surface area contributed by atoms with Crippen molar-refractivity contribution >= 4 is 11.3 Å². The molecule has 0 aromatic carbocycles. The van der Waals surface area contributed by atoms with Gasteiger partial charge in [0.25, 0.3) is 0 Å². The molecular weight excluding hydrogens is 202 g/mol. The van der Waals surface area contributed by atoms with E-state index in [1.165, 1.54) is 0 Å². The smallest absolute Gasteiger partial charge is 0.162 e. The maximum absolute atomic E-state index is 5.72. The number of nitrogen functional groups attached to an aromatic ring is 1. The number of piperidine rings is 1. The number of nitrogens with one attached hydrogen (secondary N) is 1. The molecule has 5 nitrogen and oxygen atoms in total. The van der Waals surface area contributed by atoms with Crippen molar-refractivity contribution in [2.24, 2.45) is 0 Å². The number of anilines is 1. The van der Waals surface area contributed by atoms with Crippen LogP contribution in [0.4, 0.5) is 5.69 Å². The van der Waals surface area contributed by atoms with E-state index >= 15 is 0 Å². The van der Waals surface area contributed by atoms with Crippen LogP contribution in [0.5, 0.6) is 0 Å². The molecule has 3 heterocycles. The van der Waals surface area contributed by atoms with Crippen LogP contribution in [0.1, 0.15) is 24.6 Å². The number of fused-ring (bicyclic) bond motifs is 1. The molecule has 16 heavy (non-hydrogen) atoms. The van der Waals surface area contributed by atoms with Crippen LogP contribution in [0.2, 0.25) is 0 Å². The lowest BCUT2D eigenvalue weighted by molar-refractivity contribution is 0.442. The Balaban J connectivity index is 2.03. The van der Waals surface area contributed by atoms with E-state index in [9.17, 15) is 0 Å². The molecule has 1 fully saturated rings. The lowest BCUT2D eigenvalue weighted by Crippen LogP contribution is -2.27. The summed E-state index contributed by atoms with van der Waals surface area (Å²) >= 11 is 0. The second-order valence-electron chi connectivity index (χ2n) is 4.27. The number of rotatable bonds is 1. The van der Waals surface area contributed by atoms with Crippen molar-refractivity contribution in [1.29, 1.82) is 0 Å². The van der Waals surface area contributed by atoms with Gasteiger partial charge in [-0.05, 0) is 32.0 Å². The Morgan fingerprint density at radius 2 is 2.12 bits per heavy atom. The molecule has 0 saturated carbocycles. The lowest BCUT2D eigenvalue weighted by Gasteiger charge is -2.20. The van der Waals surface area contributed by atoms with Gasteiger partial charge in [0, 0.05) is 23.9 Å². The van der Waals surface area contributed by atoms with Crippen LogP contribution in [0.25, 0.3) is 5.65 Å². The van der Waals surface area contributed by atoms with Gasteiger partial charge in [0.1, 0.15) is 5.82 Å². The van der Waals surface area contributed by atoms with E-state index < -0.39 is 0 Å². The van der Waals surface area contributed by atoms with Crippen LogP contribution in [-0.2, 0) is 0 Å². The highest BCUT2D eigenvalue weighted by Crippen LogP contribution is 2.24. The Labute approximate surface area is 93.7 Å². The van der Waals surface area contributed by atoms with Gasteiger partial charge in [-0.15, -0.1) is 10.2 Å². The maximum Gasteiger partial charge on any atom is 0.162 e. The molecule has 3 rings (SSSR count). The van der Waals surface area contributed by atoms with Gasteiger partial charge >= 0.3 is 0 Å². The molecule has 0 spiro atoms. The van der Waals surface area contributed by atoms with Gasteiger partial charge in [0.05, 0.1) is 0 Å². The predicted octanol–water partition coefficient (Wildman–Crippen LogP) is 0.778. The number of nitrogens with zero attached hydrogens (tertiary/aromatic N) is 3. The minimum atomic E-state index is 0.514. The molecule has 1 aliphatic rings. The van der Waals surface area contributed by atoms with E-state index in [-0.39, 0.29) is 0 Å². The highest BCUT2D eigenvalue weighted by atomic mass is 15.2. The summed E-state index contributed by atoms with van der Waals surface area (Å²) < 4.78 is 2.05. The molecule has 0 aliphatic carbocycles. The van der Waals surface area contributed by atoms with Gasteiger partial charge in [-0.2, -0.15) is 0 Å². The average molecular weight is 217 g/mol. The quantitative estimate of drug-likeness (QED) is 0.740. The fourth-order valence-corrected chi connectivity index (χ4v) is 2.28. The van der Waals surface area contributed by atoms with Crippen LogP contribution >= 0.6 is 0 Å². The van der Waals surface area contributed by atoms with Gasteiger partial charge in [-0.3, -0.25) is 4.40 Å². The van der Waals surface area contributed by atoms with Gasteiger partial charge in [-0.25, -0.2) is 0 Å². The summed E-state index contributed by atoms with van der Waals surface area (Å²) in [7, 11) is 0. The molecule has 1 aliphatic heterocycles. The van der Waals surface area contributed by atoms with E-state index in [0.717, 1.165) is 43.1 Å². The fraction of sp³-hybridized carbons (Fsp3) is 0.455. The van der Waals surface area contributed by atoms with Crippen molar-refractivity contribution < 1.29 is 0 Å². The van der Waals surface area contributed by atoms with E-state index in [2.05, 4.69) is 15.5 Å². The summed E-state index contributed by atoms with van der Waals surface area (Å²) in [5, 5.41) is 11.8. The highest BCUT2D eigenvalue weighted by Gasteiger charge is 2.20. The number of pyridine rings is 1. The topological polar surface area (TPSA) is 68.2 Å². The first kappa shape index (κ1) is 9.59. The number of hydrogen-bond donors (Lipinski definition) is 2. The van der Waals surface area contributed by atoms with Crippen LogP contribution < -0.4 is 11.1 Å². The van der Waals surface area contributed by atoms with Crippen LogP contribution in [0.15, 0.2) is 18.3 Å². The monoisotopic (exact) mass is 217 g/mol. The third kappa shape index (κ3) is 1.53. The third-order valence-electron chi connectivity index (χ3n) is 3.16. The van der Waals surface area contributed by atoms with E-state index in [1.807, 2.05) is 22.7 Å². The van der Waals surface area contributed by atoms with Crippen LogP contribution in [-0.4, -0.2) is 27.7 Å². The van der Waals surface area contributed by atoms with Crippen molar-refractivity contribution in [3.8, 4) is 0 Å². The third-order valence-corrected chi connectivity index (χ3v) is 3.16. The summed E-state index contributed by atoms with van der Waals surface area (Å²) in [5.74, 6) is 1.58. The molecule has 0 unspecified atom stereocenters. The highest BCUT2D eigenvalue weighted by molar-refractivity contribution is 5.51. The molecule has 0 amide bonds. The Morgan fingerprint density at radius 3 is 2.94 bits per heavy atom. The second kappa shape index (κ2) is 3.75. The van der Waals surface area contributed by atoms with Gasteiger partial charge in [0.15, 0.2) is 5.65 Å². The molecular formula is C11H15N5. The van der Waals surface area contributed by atoms with E-state index in [4.69, 9.17) is 5.73 Å². The number of hydrogen-bond acceptors (Lipinski definition) is 4. The zero-order valence-corrected chi connectivity index (χ0v) is 9.06. The van der Waals surface area contributed by atoms with E-state index in [1.54, 1.807) is 0 Å². The lowest BCUT2D eigenvalue weighted by atomic mass is 9.97. The Morgan fingerprint density at radius 1 is 1.31 bits per heavy atom. The van der Waals surface area contributed by atoms with Crippen molar-refractivity contribution in [2.45, 2.75) is 18.8 Å². The SMILES string of the molecule is Nc1ccn2c(C3CCNCC3)nnc2c1. The zero-order chi connectivity index (χ0) is 11.0. The molecule has 5 heteroatoms. The Kier molecular flexibility index (Phi) is 2.25. The van der Waals surface area contributed by atoms with Crippen LogP contribution in [0.3, 0.4) is 0 Å². The Hall–Kier alpha value is -1.62. The first-order chi connectivity index (χ1) is 7.84. The molecule has 0 radical (unpaired) electrons. The summed E-state index contributed by atoms with van der Waals surface area (Å²) in [6, 6.07) is 3.75. The largest absolute Gasteiger partial charge is 0.399 e. The minimum absolute atomic E-state index is 0.514. The van der Waals surface area contributed by atoms with Crippen molar-refractivity contribution in [3.63, 3.8) is 0 Å². The molecule has 0 atom stereocenters. The fourth-order valence-electron chi connectivity index (χ4n) is 2.28.